The van der Waals surface area contributed by atoms with Crippen LogP contribution in [0.1, 0.15) is 18.4 Å². The third kappa shape index (κ3) is 3.27. The Balaban J connectivity index is 2.69. The van der Waals surface area contributed by atoms with E-state index >= 15 is 0 Å². The SMILES string of the molecule is CCCS(=O)(=O)Nc1nnc(C)s1. The zero-order valence-corrected chi connectivity index (χ0v) is 9.07. The van der Waals surface area contributed by atoms with Crippen LogP contribution in [0.3, 0.4) is 0 Å². The lowest BCUT2D eigenvalue weighted by atomic mass is 10.6. The van der Waals surface area contributed by atoms with Crippen molar-refractivity contribution in [1.82, 2.24) is 10.2 Å². The van der Waals surface area contributed by atoms with Gasteiger partial charge in [0.15, 0.2) is 0 Å². The molecule has 0 atom stereocenters. The zero-order chi connectivity index (χ0) is 9.90. The van der Waals surface area contributed by atoms with Crippen molar-refractivity contribution in [2.45, 2.75) is 20.3 Å². The highest BCUT2D eigenvalue weighted by atomic mass is 32.2. The first kappa shape index (κ1) is 10.4. The van der Waals surface area contributed by atoms with Crippen LogP contribution in [-0.4, -0.2) is 24.4 Å². The molecule has 0 aromatic carbocycles. The second-order valence-electron chi connectivity index (χ2n) is 2.55. The number of aryl methyl sites for hydroxylation is 1. The number of sulfonamides is 1. The van der Waals surface area contributed by atoms with Crippen LogP contribution in [0.5, 0.6) is 0 Å². The van der Waals surface area contributed by atoms with E-state index in [2.05, 4.69) is 14.9 Å². The van der Waals surface area contributed by atoms with E-state index in [9.17, 15) is 8.42 Å². The lowest BCUT2D eigenvalue weighted by molar-refractivity contribution is 0.600. The lowest BCUT2D eigenvalue weighted by Crippen LogP contribution is -2.15. The van der Waals surface area contributed by atoms with Gasteiger partial charge in [0.2, 0.25) is 15.2 Å². The predicted octanol–water partition coefficient (Wildman–Crippen LogP) is 0.998. The van der Waals surface area contributed by atoms with Gasteiger partial charge >= 0.3 is 0 Å². The van der Waals surface area contributed by atoms with Crippen LogP contribution in [0.15, 0.2) is 0 Å². The second kappa shape index (κ2) is 4.01. The minimum atomic E-state index is -3.21. The summed E-state index contributed by atoms with van der Waals surface area (Å²) in [6.07, 6.45) is 0.590. The summed E-state index contributed by atoms with van der Waals surface area (Å²) in [5.41, 5.74) is 0. The first-order chi connectivity index (χ1) is 6.03. The van der Waals surface area contributed by atoms with Crippen molar-refractivity contribution >= 4 is 26.5 Å². The van der Waals surface area contributed by atoms with Crippen molar-refractivity contribution in [3.8, 4) is 0 Å². The van der Waals surface area contributed by atoms with Gasteiger partial charge in [0, 0.05) is 0 Å². The molecule has 13 heavy (non-hydrogen) atoms. The summed E-state index contributed by atoms with van der Waals surface area (Å²) < 4.78 is 24.8. The largest absolute Gasteiger partial charge is 0.257 e. The van der Waals surface area contributed by atoms with Crippen molar-refractivity contribution in [2.24, 2.45) is 0 Å². The number of nitrogens with zero attached hydrogens (tertiary/aromatic N) is 2. The highest BCUT2D eigenvalue weighted by molar-refractivity contribution is 7.92. The molecule has 1 heterocycles. The molecular weight excluding hydrogens is 210 g/mol. The summed E-state index contributed by atoms with van der Waals surface area (Å²) in [7, 11) is -3.21. The Kier molecular flexibility index (Phi) is 3.21. The molecular formula is C6H11N3O2S2. The number of aromatic nitrogens is 2. The predicted molar refractivity (Wildman–Crippen MR) is 52.3 cm³/mol. The molecule has 0 saturated carbocycles. The lowest BCUT2D eigenvalue weighted by Gasteiger charge is -2.00. The van der Waals surface area contributed by atoms with Gasteiger partial charge in [-0.25, -0.2) is 8.42 Å². The molecule has 0 fully saturated rings. The van der Waals surface area contributed by atoms with E-state index in [0.29, 0.717) is 11.6 Å². The fourth-order valence-electron chi connectivity index (χ4n) is 0.791. The minimum absolute atomic E-state index is 0.117. The van der Waals surface area contributed by atoms with Crippen molar-refractivity contribution < 1.29 is 8.42 Å². The van der Waals surface area contributed by atoms with Gasteiger partial charge in [-0.05, 0) is 13.3 Å². The van der Waals surface area contributed by atoms with E-state index in [-0.39, 0.29) is 5.75 Å². The van der Waals surface area contributed by atoms with Gasteiger partial charge < -0.3 is 0 Å². The number of hydrogen-bond donors (Lipinski definition) is 1. The van der Waals surface area contributed by atoms with Crippen molar-refractivity contribution in [3.05, 3.63) is 5.01 Å². The summed E-state index contributed by atoms with van der Waals surface area (Å²) in [5.74, 6) is 0.117. The molecule has 0 aliphatic heterocycles. The number of anilines is 1. The third-order valence-electron chi connectivity index (χ3n) is 1.24. The standard InChI is InChI=1S/C6H11N3O2S2/c1-3-4-13(10,11)9-6-8-7-5(2)12-6/h3-4H2,1-2H3,(H,8,9). The van der Waals surface area contributed by atoms with Crippen LogP contribution in [0, 0.1) is 6.92 Å². The second-order valence-corrected chi connectivity index (χ2v) is 5.57. The molecule has 0 unspecified atom stereocenters. The van der Waals surface area contributed by atoms with Gasteiger partial charge in [-0.1, -0.05) is 18.3 Å². The molecule has 1 N–H and O–H groups in total. The number of hydrogen-bond acceptors (Lipinski definition) is 5. The van der Waals surface area contributed by atoms with Crippen LogP contribution < -0.4 is 4.72 Å². The Morgan fingerprint density at radius 2 is 2.15 bits per heavy atom. The summed E-state index contributed by atoms with van der Waals surface area (Å²) >= 11 is 1.23. The molecule has 0 aliphatic carbocycles. The van der Waals surface area contributed by atoms with Crippen molar-refractivity contribution in [1.29, 1.82) is 0 Å². The molecule has 7 heteroatoms. The Labute approximate surface area is 81.2 Å². The molecule has 5 nitrogen and oxygen atoms in total. The topological polar surface area (TPSA) is 72.0 Å². The Morgan fingerprint density at radius 3 is 2.62 bits per heavy atom. The number of nitrogens with one attached hydrogen (secondary N) is 1. The average molecular weight is 221 g/mol. The van der Waals surface area contributed by atoms with Gasteiger partial charge in [-0.3, -0.25) is 4.72 Å². The maximum absolute atomic E-state index is 11.2. The molecule has 0 spiro atoms. The quantitative estimate of drug-likeness (QED) is 0.823. The Bertz CT molecular complexity index is 371. The highest BCUT2D eigenvalue weighted by Gasteiger charge is 2.11. The first-order valence-corrected chi connectivity index (χ1v) is 6.31. The molecule has 74 valence electrons. The van der Waals surface area contributed by atoms with Gasteiger partial charge in [0.25, 0.3) is 0 Å². The van der Waals surface area contributed by atoms with Crippen LogP contribution in [0.2, 0.25) is 0 Å². The molecule has 0 radical (unpaired) electrons. The fraction of sp³-hybridized carbons (Fsp3) is 0.667. The molecule has 1 rings (SSSR count). The van der Waals surface area contributed by atoms with Gasteiger partial charge in [0.05, 0.1) is 5.75 Å². The molecule has 0 saturated heterocycles. The van der Waals surface area contributed by atoms with Gasteiger partial charge in [-0.2, -0.15) is 0 Å². The fourth-order valence-corrected chi connectivity index (χ4v) is 2.73. The molecule has 1 aromatic heterocycles. The summed E-state index contributed by atoms with van der Waals surface area (Å²) in [6, 6.07) is 0. The Hall–Kier alpha value is -0.690. The van der Waals surface area contributed by atoms with Crippen molar-refractivity contribution in [2.75, 3.05) is 10.5 Å². The maximum atomic E-state index is 11.2. The zero-order valence-electron chi connectivity index (χ0n) is 7.44. The minimum Gasteiger partial charge on any atom is -0.257 e. The first-order valence-electron chi connectivity index (χ1n) is 3.84. The van der Waals surface area contributed by atoms with Gasteiger partial charge in [0.1, 0.15) is 5.01 Å². The summed E-state index contributed by atoms with van der Waals surface area (Å²) in [6.45, 7) is 3.58. The summed E-state index contributed by atoms with van der Waals surface area (Å²) in [4.78, 5) is 0. The van der Waals surface area contributed by atoms with E-state index in [1.54, 1.807) is 6.92 Å². The van der Waals surface area contributed by atoms with Gasteiger partial charge in [-0.15, -0.1) is 10.2 Å². The van der Waals surface area contributed by atoms with E-state index in [4.69, 9.17) is 0 Å². The maximum Gasteiger partial charge on any atom is 0.234 e. The smallest absolute Gasteiger partial charge is 0.234 e. The van der Waals surface area contributed by atoms with E-state index in [1.807, 2.05) is 6.92 Å². The average Bonchev–Trinajstić information content (AvgIpc) is 2.34. The normalized spacial score (nSPS) is 11.5. The monoisotopic (exact) mass is 221 g/mol. The van der Waals surface area contributed by atoms with Crippen molar-refractivity contribution in [3.63, 3.8) is 0 Å². The van der Waals surface area contributed by atoms with E-state index < -0.39 is 10.0 Å². The number of rotatable bonds is 4. The van der Waals surface area contributed by atoms with Crippen LogP contribution in [0.4, 0.5) is 5.13 Å². The molecule has 0 amide bonds. The molecule has 0 bridgehead atoms. The van der Waals surface area contributed by atoms with Crippen LogP contribution in [0.25, 0.3) is 0 Å². The molecule has 1 aromatic rings. The van der Waals surface area contributed by atoms with Crippen LogP contribution >= 0.6 is 11.3 Å². The van der Waals surface area contributed by atoms with E-state index in [1.165, 1.54) is 11.3 Å². The Morgan fingerprint density at radius 1 is 1.46 bits per heavy atom. The summed E-state index contributed by atoms with van der Waals surface area (Å²) in [5, 5.41) is 8.45. The third-order valence-corrected chi connectivity index (χ3v) is 3.58. The van der Waals surface area contributed by atoms with E-state index in [0.717, 1.165) is 5.01 Å². The van der Waals surface area contributed by atoms with Crippen LogP contribution in [-0.2, 0) is 10.0 Å². The molecule has 0 aliphatic rings. The highest BCUT2D eigenvalue weighted by Crippen LogP contribution is 2.15.